The second kappa shape index (κ2) is 11.9. The quantitative estimate of drug-likeness (QED) is 0.383. The number of ether oxygens (including phenoxy) is 1. The van der Waals surface area contributed by atoms with E-state index in [-0.39, 0.29) is 35.9 Å². The molecule has 1 heterocycles. The SMILES string of the molecule is CCC[C@]1(C)C[C@H](NC[C@@H](O)[C@H](Cc2cc(F)cc(F)c2)NC(C)=O)c2cc(CC(C)(C)C)ccc2O1. The van der Waals surface area contributed by atoms with Crippen LogP contribution in [-0.2, 0) is 17.6 Å². The van der Waals surface area contributed by atoms with Crippen LogP contribution in [-0.4, -0.2) is 35.3 Å². The summed E-state index contributed by atoms with van der Waals surface area (Å²) in [6.07, 6.45) is 2.67. The van der Waals surface area contributed by atoms with Crippen LogP contribution >= 0.6 is 0 Å². The lowest BCUT2D eigenvalue weighted by Crippen LogP contribution is -2.50. The topological polar surface area (TPSA) is 70.6 Å². The van der Waals surface area contributed by atoms with Crippen molar-refractivity contribution in [1.29, 1.82) is 0 Å². The first-order valence-electron chi connectivity index (χ1n) is 13.2. The molecule has 0 saturated heterocycles. The summed E-state index contributed by atoms with van der Waals surface area (Å²) >= 11 is 0. The number of hydrogen-bond acceptors (Lipinski definition) is 4. The van der Waals surface area contributed by atoms with Gasteiger partial charge in [0.1, 0.15) is 23.0 Å². The number of aliphatic hydroxyl groups excluding tert-OH is 1. The van der Waals surface area contributed by atoms with E-state index in [2.05, 4.69) is 57.4 Å². The number of halogens is 2. The van der Waals surface area contributed by atoms with E-state index in [9.17, 15) is 18.7 Å². The lowest BCUT2D eigenvalue weighted by Gasteiger charge is -2.41. The molecule has 0 unspecified atom stereocenters. The molecule has 1 amide bonds. The summed E-state index contributed by atoms with van der Waals surface area (Å²) in [6, 6.07) is 8.85. The van der Waals surface area contributed by atoms with Crippen molar-refractivity contribution in [3.63, 3.8) is 0 Å². The Morgan fingerprint density at radius 3 is 2.43 bits per heavy atom. The molecule has 1 aliphatic rings. The van der Waals surface area contributed by atoms with Crippen LogP contribution < -0.4 is 15.4 Å². The van der Waals surface area contributed by atoms with Gasteiger partial charge in [-0.3, -0.25) is 4.79 Å². The number of benzene rings is 2. The third-order valence-electron chi connectivity index (χ3n) is 6.76. The van der Waals surface area contributed by atoms with E-state index in [1.54, 1.807) is 0 Å². The van der Waals surface area contributed by atoms with Crippen LogP contribution in [0.25, 0.3) is 0 Å². The first kappa shape index (κ1) is 29.1. The lowest BCUT2D eigenvalue weighted by molar-refractivity contribution is -0.120. The number of carbonyl (C=O) groups is 1. The molecule has 3 N–H and O–H groups in total. The molecule has 0 aliphatic carbocycles. The van der Waals surface area contributed by atoms with E-state index in [0.717, 1.165) is 43.1 Å². The number of fused-ring (bicyclic) bond motifs is 1. The maximum atomic E-state index is 13.7. The van der Waals surface area contributed by atoms with Gasteiger partial charge in [-0.2, -0.15) is 0 Å². The van der Waals surface area contributed by atoms with Crippen LogP contribution in [0.2, 0.25) is 0 Å². The second-order valence-electron chi connectivity index (χ2n) is 11.9. The fraction of sp³-hybridized carbons (Fsp3) is 0.567. The van der Waals surface area contributed by atoms with Gasteiger partial charge in [0, 0.05) is 37.6 Å². The minimum absolute atomic E-state index is 0.0561. The maximum absolute atomic E-state index is 13.7. The normalized spacial score (nSPS) is 21.1. The van der Waals surface area contributed by atoms with Crippen molar-refractivity contribution in [2.75, 3.05) is 6.54 Å². The fourth-order valence-corrected chi connectivity index (χ4v) is 5.33. The largest absolute Gasteiger partial charge is 0.487 e. The minimum atomic E-state index is -0.975. The first-order valence-corrected chi connectivity index (χ1v) is 13.2. The Hall–Kier alpha value is -2.51. The molecule has 3 rings (SSSR count). The predicted octanol–water partition coefficient (Wildman–Crippen LogP) is 5.63. The van der Waals surface area contributed by atoms with Crippen LogP contribution in [0.3, 0.4) is 0 Å². The Kier molecular flexibility index (Phi) is 9.35. The highest BCUT2D eigenvalue weighted by Gasteiger charge is 2.37. The molecule has 0 saturated carbocycles. The van der Waals surface area contributed by atoms with Crippen LogP contribution in [0.4, 0.5) is 8.78 Å². The third kappa shape index (κ3) is 8.50. The highest BCUT2D eigenvalue weighted by atomic mass is 19.1. The fourth-order valence-electron chi connectivity index (χ4n) is 5.33. The average Bonchev–Trinajstić information content (AvgIpc) is 2.75. The molecule has 204 valence electrons. The van der Waals surface area contributed by atoms with Crippen LogP contribution in [0, 0.1) is 17.0 Å². The lowest BCUT2D eigenvalue weighted by atomic mass is 9.83. The molecule has 2 aromatic carbocycles. The molecule has 0 aromatic heterocycles. The maximum Gasteiger partial charge on any atom is 0.217 e. The van der Waals surface area contributed by atoms with Gasteiger partial charge in [-0.25, -0.2) is 8.78 Å². The molecule has 7 heteroatoms. The zero-order chi connectivity index (χ0) is 27.4. The molecule has 0 spiro atoms. The summed E-state index contributed by atoms with van der Waals surface area (Å²) in [5.74, 6) is -0.853. The summed E-state index contributed by atoms with van der Waals surface area (Å²) in [5.41, 5.74) is 2.46. The molecular weight excluding hydrogens is 474 g/mol. The van der Waals surface area contributed by atoms with Gasteiger partial charge in [0.05, 0.1) is 12.1 Å². The van der Waals surface area contributed by atoms with Crippen LogP contribution in [0.5, 0.6) is 5.75 Å². The van der Waals surface area contributed by atoms with Gasteiger partial charge in [0.15, 0.2) is 0 Å². The molecule has 0 fully saturated rings. The highest BCUT2D eigenvalue weighted by Crippen LogP contribution is 2.42. The molecule has 37 heavy (non-hydrogen) atoms. The predicted molar refractivity (Wildman–Crippen MR) is 143 cm³/mol. The average molecular weight is 517 g/mol. The van der Waals surface area contributed by atoms with Gasteiger partial charge < -0.3 is 20.5 Å². The van der Waals surface area contributed by atoms with E-state index < -0.39 is 23.8 Å². The minimum Gasteiger partial charge on any atom is -0.487 e. The van der Waals surface area contributed by atoms with E-state index in [0.29, 0.717) is 5.56 Å². The zero-order valence-corrected chi connectivity index (χ0v) is 23.0. The molecule has 1 aliphatic heterocycles. The Morgan fingerprint density at radius 1 is 1.16 bits per heavy atom. The van der Waals surface area contributed by atoms with Gasteiger partial charge >= 0.3 is 0 Å². The van der Waals surface area contributed by atoms with Crippen molar-refractivity contribution in [2.45, 2.75) is 97.4 Å². The molecule has 0 radical (unpaired) electrons. The van der Waals surface area contributed by atoms with Crippen molar-refractivity contribution >= 4 is 5.91 Å². The molecule has 5 nitrogen and oxygen atoms in total. The van der Waals surface area contributed by atoms with Crippen molar-refractivity contribution in [1.82, 2.24) is 10.6 Å². The van der Waals surface area contributed by atoms with Crippen molar-refractivity contribution in [2.24, 2.45) is 5.41 Å². The van der Waals surface area contributed by atoms with Crippen molar-refractivity contribution in [3.05, 3.63) is 64.7 Å². The molecule has 0 bridgehead atoms. The first-order chi connectivity index (χ1) is 17.3. The van der Waals surface area contributed by atoms with E-state index in [4.69, 9.17) is 4.74 Å². The van der Waals surface area contributed by atoms with Crippen molar-refractivity contribution < 1.29 is 23.4 Å². The third-order valence-corrected chi connectivity index (χ3v) is 6.76. The summed E-state index contributed by atoms with van der Waals surface area (Å²) < 4.78 is 33.9. The Bertz CT molecular complexity index is 1060. The van der Waals surface area contributed by atoms with Crippen LogP contribution in [0.15, 0.2) is 36.4 Å². The van der Waals surface area contributed by atoms with E-state index in [1.807, 2.05) is 6.07 Å². The number of carbonyl (C=O) groups excluding carboxylic acids is 1. The number of hydrogen-bond donors (Lipinski definition) is 3. The summed E-state index contributed by atoms with van der Waals surface area (Å²) in [7, 11) is 0. The van der Waals surface area contributed by atoms with Crippen molar-refractivity contribution in [3.8, 4) is 5.75 Å². The number of amides is 1. The van der Waals surface area contributed by atoms with Crippen LogP contribution in [0.1, 0.15) is 83.5 Å². The second-order valence-corrected chi connectivity index (χ2v) is 11.9. The monoisotopic (exact) mass is 516 g/mol. The number of nitrogens with one attached hydrogen (secondary N) is 2. The van der Waals surface area contributed by atoms with Gasteiger partial charge in [-0.15, -0.1) is 0 Å². The van der Waals surface area contributed by atoms with Gasteiger partial charge in [-0.1, -0.05) is 46.2 Å². The Morgan fingerprint density at radius 2 is 1.84 bits per heavy atom. The van der Waals surface area contributed by atoms with Gasteiger partial charge in [-0.05, 0) is 60.9 Å². The highest BCUT2D eigenvalue weighted by molar-refractivity contribution is 5.73. The zero-order valence-electron chi connectivity index (χ0n) is 23.0. The van der Waals surface area contributed by atoms with E-state index >= 15 is 0 Å². The summed E-state index contributed by atoms with van der Waals surface area (Å²) in [6.45, 7) is 12.4. The number of rotatable bonds is 10. The van der Waals surface area contributed by atoms with Gasteiger partial charge in [0.25, 0.3) is 0 Å². The summed E-state index contributed by atoms with van der Waals surface area (Å²) in [4.78, 5) is 11.9. The number of aliphatic hydroxyl groups is 1. The Balaban J connectivity index is 1.81. The molecular formula is C30H42F2N2O3. The smallest absolute Gasteiger partial charge is 0.217 e. The summed E-state index contributed by atoms with van der Waals surface area (Å²) in [5, 5.41) is 17.3. The molecule has 2 aromatic rings. The standard InChI is InChI=1S/C30H42F2N2O3/c1-7-10-30(6)17-26(24-13-20(16-29(3,4)5)8-9-28(24)37-30)33-18-27(36)25(34-19(2)35)14-21-11-22(31)15-23(32)12-21/h8-9,11-13,15,25-27,33,36H,7,10,14,16-18H2,1-6H3,(H,34,35)/t25-,26-,27+,30+/m0/s1. The molecule has 4 atom stereocenters. The van der Waals surface area contributed by atoms with E-state index in [1.165, 1.54) is 24.6 Å². The van der Waals surface area contributed by atoms with Gasteiger partial charge in [0.2, 0.25) is 5.91 Å². The Labute approximate surface area is 220 Å².